The second kappa shape index (κ2) is 6.33. The average molecular weight is 277 g/mol. The number of aliphatic hydroxyl groups excluding tert-OH is 2. The second-order valence-corrected chi connectivity index (χ2v) is 6.01. The lowest BCUT2D eigenvalue weighted by Gasteiger charge is -2.20. The molecule has 0 saturated carbocycles. The van der Waals surface area contributed by atoms with E-state index in [0.29, 0.717) is 6.42 Å². The molecule has 1 atom stereocenters. The van der Waals surface area contributed by atoms with Crippen molar-refractivity contribution in [3.05, 3.63) is 17.9 Å². The summed E-state index contributed by atoms with van der Waals surface area (Å²) >= 11 is 0. The van der Waals surface area contributed by atoms with Gasteiger partial charge in [-0.3, -0.25) is 0 Å². The Kier molecular flexibility index (Phi) is 5.33. The van der Waals surface area contributed by atoms with Crippen molar-refractivity contribution < 1.29 is 23.0 Å². The fraction of sp³-hybridized carbons (Fsp3) is 0.636. The fourth-order valence-corrected chi connectivity index (χ4v) is 2.88. The molecular weight excluding hydrogens is 258 g/mol. The second-order valence-electron chi connectivity index (χ2n) is 4.36. The van der Waals surface area contributed by atoms with Crippen LogP contribution in [0.1, 0.15) is 26.0 Å². The lowest BCUT2D eigenvalue weighted by Crippen LogP contribution is -2.39. The molecule has 0 radical (unpaired) electrons. The summed E-state index contributed by atoms with van der Waals surface area (Å²) in [5, 5.41) is 17.5. The van der Waals surface area contributed by atoms with E-state index in [1.54, 1.807) is 0 Å². The van der Waals surface area contributed by atoms with Gasteiger partial charge in [0.25, 0.3) is 10.0 Å². The van der Waals surface area contributed by atoms with Crippen LogP contribution in [0.2, 0.25) is 0 Å². The van der Waals surface area contributed by atoms with Gasteiger partial charge >= 0.3 is 0 Å². The molecule has 104 valence electrons. The van der Waals surface area contributed by atoms with E-state index in [1.165, 1.54) is 12.1 Å². The Balaban J connectivity index is 2.86. The van der Waals surface area contributed by atoms with E-state index in [2.05, 4.69) is 4.72 Å². The third-order valence-corrected chi connectivity index (χ3v) is 3.97. The molecule has 18 heavy (non-hydrogen) atoms. The zero-order valence-corrected chi connectivity index (χ0v) is 11.3. The molecule has 0 aromatic carbocycles. The van der Waals surface area contributed by atoms with Crippen molar-refractivity contribution in [2.75, 3.05) is 6.61 Å². The largest absolute Gasteiger partial charge is 0.446 e. The Morgan fingerprint density at radius 1 is 1.33 bits per heavy atom. The molecule has 0 amide bonds. The van der Waals surface area contributed by atoms with Gasteiger partial charge in [0, 0.05) is 12.6 Å². The number of rotatable bonds is 7. The third-order valence-electron chi connectivity index (χ3n) is 2.61. The molecule has 6 nitrogen and oxygen atoms in total. The van der Waals surface area contributed by atoms with Gasteiger partial charge in [-0.2, -0.15) is 0 Å². The zero-order valence-electron chi connectivity index (χ0n) is 10.5. The summed E-state index contributed by atoms with van der Waals surface area (Å²) < 4.78 is 31.4. The third kappa shape index (κ3) is 3.81. The van der Waals surface area contributed by atoms with Gasteiger partial charge in [0.05, 0.1) is 0 Å². The number of furan rings is 1. The van der Waals surface area contributed by atoms with Gasteiger partial charge in [0.15, 0.2) is 0 Å². The molecule has 1 aromatic rings. The minimum absolute atomic E-state index is 0.0548. The van der Waals surface area contributed by atoms with Crippen molar-refractivity contribution in [3.8, 4) is 0 Å². The Bertz CT molecular complexity index is 466. The van der Waals surface area contributed by atoms with E-state index in [1.807, 2.05) is 13.8 Å². The van der Waals surface area contributed by atoms with Crippen molar-refractivity contribution in [2.24, 2.45) is 5.92 Å². The maximum Gasteiger partial charge on any atom is 0.274 e. The summed E-state index contributed by atoms with van der Waals surface area (Å²) in [7, 11) is -3.75. The monoisotopic (exact) mass is 277 g/mol. The molecule has 0 saturated heterocycles. The minimum Gasteiger partial charge on any atom is -0.446 e. The SMILES string of the molecule is CC(C)C(CCO)NS(=O)(=O)c1ccc(CO)o1. The molecule has 0 aliphatic rings. The number of nitrogens with one attached hydrogen (secondary N) is 1. The lowest BCUT2D eigenvalue weighted by atomic mass is 10.0. The van der Waals surface area contributed by atoms with Crippen molar-refractivity contribution in [2.45, 2.75) is 38.0 Å². The van der Waals surface area contributed by atoms with Crippen LogP contribution in [0.4, 0.5) is 0 Å². The highest BCUT2D eigenvalue weighted by atomic mass is 32.2. The van der Waals surface area contributed by atoms with Gasteiger partial charge in [0.2, 0.25) is 5.09 Å². The summed E-state index contributed by atoms with van der Waals surface area (Å²) in [6, 6.07) is 2.34. The maximum atomic E-state index is 12.0. The average Bonchev–Trinajstić information content (AvgIpc) is 2.77. The normalized spacial score (nSPS) is 14.1. The molecule has 0 spiro atoms. The van der Waals surface area contributed by atoms with Crippen LogP contribution in [-0.2, 0) is 16.6 Å². The van der Waals surface area contributed by atoms with Crippen LogP contribution in [0.5, 0.6) is 0 Å². The van der Waals surface area contributed by atoms with Crippen molar-refractivity contribution in [1.82, 2.24) is 4.72 Å². The fourth-order valence-electron chi connectivity index (χ4n) is 1.51. The first kappa shape index (κ1) is 15.2. The Morgan fingerprint density at radius 2 is 2.00 bits per heavy atom. The molecule has 1 heterocycles. The molecule has 0 aliphatic carbocycles. The standard InChI is InChI=1S/C11H19NO5S/c1-8(2)10(5-6-13)12-18(15,16)11-4-3-9(7-14)17-11/h3-4,8,10,12-14H,5-7H2,1-2H3. The Labute approximate surface area is 107 Å². The van der Waals surface area contributed by atoms with Crippen LogP contribution in [0, 0.1) is 5.92 Å². The Hall–Kier alpha value is -0.890. The van der Waals surface area contributed by atoms with Crippen LogP contribution in [0.3, 0.4) is 0 Å². The quantitative estimate of drug-likeness (QED) is 0.672. The highest BCUT2D eigenvalue weighted by Crippen LogP contribution is 2.16. The van der Waals surface area contributed by atoms with Crippen molar-refractivity contribution in [1.29, 1.82) is 0 Å². The first-order chi connectivity index (χ1) is 8.40. The van der Waals surface area contributed by atoms with Gasteiger partial charge in [-0.25, -0.2) is 13.1 Å². The van der Waals surface area contributed by atoms with Gasteiger partial charge in [-0.1, -0.05) is 13.8 Å². The van der Waals surface area contributed by atoms with Gasteiger partial charge in [0.1, 0.15) is 12.4 Å². The molecule has 0 aliphatic heterocycles. The van der Waals surface area contributed by atoms with E-state index in [0.717, 1.165) is 0 Å². The van der Waals surface area contributed by atoms with Crippen LogP contribution < -0.4 is 4.72 Å². The highest BCUT2D eigenvalue weighted by Gasteiger charge is 2.24. The molecule has 3 N–H and O–H groups in total. The summed E-state index contributed by atoms with van der Waals surface area (Å²) in [4.78, 5) is 0. The predicted molar refractivity (Wildman–Crippen MR) is 65.3 cm³/mol. The smallest absolute Gasteiger partial charge is 0.274 e. The highest BCUT2D eigenvalue weighted by molar-refractivity contribution is 7.89. The first-order valence-corrected chi connectivity index (χ1v) is 7.21. The van der Waals surface area contributed by atoms with E-state index in [9.17, 15) is 8.42 Å². The van der Waals surface area contributed by atoms with E-state index >= 15 is 0 Å². The van der Waals surface area contributed by atoms with Crippen LogP contribution in [-0.4, -0.2) is 31.3 Å². The predicted octanol–water partition coefficient (Wildman–Crippen LogP) is 0.457. The summed E-state index contributed by atoms with van der Waals surface area (Å²) in [6.45, 7) is 3.29. The molecule has 1 rings (SSSR count). The van der Waals surface area contributed by atoms with E-state index < -0.39 is 10.0 Å². The van der Waals surface area contributed by atoms with Gasteiger partial charge < -0.3 is 14.6 Å². The van der Waals surface area contributed by atoms with Crippen LogP contribution >= 0.6 is 0 Å². The Morgan fingerprint density at radius 3 is 2.44 bits per heavy atom. The molecule has 0 fully saturated rings. The summed E-state index contributed by atoms with van der Waals surface area (Å²) in [5.41, 5.74) is 0. The molecular formula is C11H19NO5S. The molecule has 7 heteroatoms. The summed E-state index contributed by atoms with van der Waals surface area (Å²) in [5.74, 6) is 0.248. The summed E-state index contributed by atoms with van der Waals surface area (Å²) in [6.07, 6.45) is 0.338. The van der Waals surface area contributed by atoms with Gasteiger partial charge in [-0.05, 0) is 24.5 Å². The van der Waals surface area contributed by atoms with Crippen LogP contribution in [0.15, 0.2) is 21.6 Å². The minimum atomic E-state index is -3.75. The van der Waals surface area contributed by atoms with Gasteiger partial charge in [-0.15, -0.1) is 0 Å². The zero-order chi connectivity index (χ0) is 13.8. The molecule has 1 aromatic heterocycles. The van der Waals surface area contributed by atoms with E-state index in [-0.39, 0.29) is 36.0 Å². The number of aliphatic hydroxyl groups is 2. The van der Waals surface area contributed by atoms with Crippen molar-refractivity contribution >= 4 is 10.0 Å². The van der Waals surface area contributed by atoms with Crippen molar-refractivity contribution in [3.63, 3.8) is 0 Å². The first-order valence-electron chi connectivity index (χ1n) is 5.73. The number of hydrogen-bond donors (Lipinski definition) is 3. The number of hydrogen-bond acceptors (Lipinski definition) is 5. The lowest BCUT2D eigenvalue weighted by molar-refractivity contribution is 0.235. The topological polar surface area (TPSA) is 99.8 Å². The maximum absolute atomic E-state index is 12.0. The number of sulfonamides is 1. The molecule has 1 unspecified atom stereocenters. The van der Waals surface area contributed by atoms with Crippen LogP contribution in [0.25, 0.3) is 0 Å². The molecule has 0 bridgehead atoms. The van der Waals surface area contributed by atoms with E-state index in [4.69, 9.17) is 14.6 Å².